The summed E-state index contributed by atoms with van der Waals surface area (Å²) >= 11 is 0. The second-order valence-electron chi connectivity index (χ2n) is 2.57. The van der Waals surface area contributed by atoms with Gasteiger partial charge in [-0.05, 0) is 0 Å². The molecule has 1 heterocycles. The fourth-order valence-corrected chi connectivity index (χ4v) is 0.920. The Kier molecular flexibility index (Phi) is 2.79. The van der Waals surface area contributed by atoms with E-state index in [4.69, 9.17) is 0 Å². The summed E-state index contributed by atoms with van der Waals surface area (Å²) in [6, 6.07) is 0. The lowest BCUT2D eigenvalue weighted by Gasteiger charge is -1.99. The van der Waals surface area contributed by atoms with Crippen molar-refractivity contribution in [3.8, 4) is 0 Å². The number of nitrogens with zero attached hydrogens (tertiary/aromatic N) is 2. The maximum absolute atomic E-state index is 11.3. The van der Waals surface area contributed by atoms with Crippen molar-refractivity contribution in [1.29, 1.82) is 0 Å². The zero-order valence-corrected chi connectivity index (χ0v) is 7.48. The Bertz CT molecular complexity index is 330. The number of aromatic nitrogens is 2. The van der Waals surface area contributed by atoms with Crippen LogP contribution in [0.2, 0.25) is 0 Å². The minimum Gasteiger partial charge on any atom is -0.469 e. The topological polar surface area (TPSA) is 61.2 Å². The van der Waals surface area contributed by atoms with Crippen LogP contribution in [0.4, 0.5) is 0 Å². The molecule has 0 radical (unpaired) electrons. The van der Waals surface area contributed by atoms with Gasteiger partial charge >= 0.3 is 5.97 Å². The van der Waals surface area contributed by atoms with Crippen molar-refractivity contribution in [2.45, 2.75) is 6.42 Å². The van der Waals surface area contributed by atoms with Crippen molar-refractivity contribution in [2.24, 2.45) is 7.05 Å². The average Bonchev–Trinajstić information content (AvgIpc) is 2.51. The average molecular weight is 182 g/mol. The van der Waals surface area contributed by atoms with Crippen molar-refractivity contribution < 1.29 is 14.3 Å². The van der Waals surface area contributed by atoms with Gasteiger partial charge in [0.2, 0.25) is 0 Å². The Morgan fingerprint density at radius 3 is 2.77 bits per heavy atom. The predicted octanol–water partition coefficient (Wildman–Crippen LogP) is 0.166. The molecule has 0 aromatic carbocycles. The van der Waals surface area contributed by atoms with Crippen LogP contribution in [-0.2, 0) is 16.6 Å². The molecule has 0 aliphatic carbocycles. The van der Waals surface area contributed by atoms with Gasteiger partial charge in [-0.2, -0.15) is 0 Å². The maximum Gasteiger partial charge on any atom is 0.313 e. The molecule has 0 fully saturated rings. The van der Waals surface area contributed by atoms with Gasteiger partial charge in [0.25, 0.3) is 0 Å². The lowest BCUT2D eigenvalue weighted by Crippen LogP contribution is -2.12. The Morgan fingerprint density at radius 1 is 1.62 bits per heavy atom. The minimum atomic E-state index is -0.536. The van der Waals surface area contributed by atoms with Gasteiger partial charge in [-0.15, -0.1) is 0 Å². The highest BCUT2D eigenvalue weighted by atomic mass is 16.5. The summed E-state index contributed by atoms with van der Waals surface area (Å²) in [5.74, 6) is -0.821. The number of ketones is 1. The molecule has 0 aliphatic heterocycles. The standard InChI is InChI=1S/C8H10N2O3/c1-10-5-9-4-6(10)7(11)3-8(12)13-2/h4-5H,3H2,1-2H3. The number of Topliss-reactive ketones (excluding diaryl/α,β-unsaturated/α-hetero) is 1. The number of aryl methyl sites for hydroxylation is 1. The fourth-order valence-electron chi connectivity index (χ4n) is 0.920. The van der Waals surface area contributed by atoms with Crippen LogP contribution in [0.1, 0.15) is 16.9 Å². The van der Waals surface area contributed by atoms with Crippen LogP contribution in [0.25, 0.3) is 0 Å². The highest BCUT2D eigenvalue weighted by molar-refractivity contribution is 6.04. The normalized spacial score (nSPS) is 9.69. The number of imidazole rings is 1. The SMILES string of the molecule is COC(=O)CC(=O)c1cncn1C. The zero-order chi connectivity index (χ0) is 9.84. The smallest absolute Gasteiger partial charge is 0.313 e. The summed E-state index contributed by atoms with van der Waals surface area (Å²) in [6.45, 7) is 0. The number of ether oxygens (including phenoxy) is 1. The lowest BCUT2D eigenvalue weighted by molar-refractivity contribution is -0.139. The lowest BCUT2D eigenvalue weighted by atomic mass is 10.2. The molecule has 0 atom stereocenters. The maximum atomic E-state index is 11.3. The first kappa shape index (κ1) is 9.44. The van der Waals surface area contributed by atoms with Crippen LogP contribution >= 0.6 is 0 Å². The Balaban J connectivity index is 2.69. The van der Waals surface area contributed by atoms with Gasteiger partial charge in [-0.3, -0.25) is 9.59 Å². The molecular formula is C8H10N2O3. The highest BCUT2D eigenvalue weighted by Gasteiger charge is 2.14. The molecule has 1 rings (SSSR count). The highest BCUT2D eigenvalue weighted by Crippen LogP contribution is 2.01. The van der Waals surface area contributed by atoms with Gasteiger partial charge < -0.3 is 9.30 Å². The van der Waals surface area contributed by atoms with E-state index in [-0.39, 0.29) is 12.2 Å². The number of hydrogen-bond donors (Lipinski definition) is 0. The summed E-state index contributed by atoms with van der Waals surface area (Å²) in [4.78, 5) is 25.9. The van der Waals surface area contributed by atoms with E-state index in [1.807, 2.05) is 0 Å². The van der Waals surface area contributed by atoms with Crippen LogP contribution in [0.5, 0.6) is 0 Å². The quantitative estimate of drug-likeness (QED) is 0.379. The van der Waals surface area contributed by atoms with Crippen LogP contribution in [0.15, 0.2) is 12.5 Å². The largest absolute Gasteiger partial charge is 0.469 e. The molecule has 5 heteroatoms. The van der Waals surface area contributed by atoms with E-state index in [9.17, 15) is 9.59 Å². The van der Waals surface area contributed by atoms with E-state index in [0.717, 1.165) is 0 Å². The third-order valence-corrected chi connectivity index (χ3v) is 1.63. The van der Waals surface area contributed by atoms with Crippen LogP contribution in [0.3, 0.4) is 0 Å². The molecule has 0 saturated carbocycles. The Morgan fingerprint density at radius 2 is 2.31 bits per heavy atom. The molecule has 1 aromatic rings. The van der Waals surface area contributed by atoms with Gasteiger partial charge in [-0.25, -0.2) is 4.98 Å². The molecule has 0 unspecified atom stereocenters. The molecule has 1 aromatic heterocycles. The van der Waals surface area contributed by atoms with E-state index in [1.165, 1.54) is 19.6 Å². The minimum absolute atomic E-state index is 0.240. The predicted molar refractivity (Wildman–Crippen MR) is 44.2 cm³/mol. The van der Waals surface area contributed by atoms with Crippen molar-refractivity contribution in [3.05, 3.63) is 18.2 Å². The summed E-state index contributed by atoms with van der Waals surface area (Å²) in [5.41, 5.74) is 0.408. The monoisotopic (exact) mass is 182 g/mol. The molecule has 0 aliphatic rings. The van der Waals surface area contributed by atoms with E-state index in [0.29, 0.717) is 5.69 Å². The van der Waals surface area contributed by atoms with Gasteiger partial charge in [0.1, 0.15) is 12.1 Å². The van der Waals surface area contributed by atoms with E-state index < -0.39 is 5.97 Å². The molecule has 0 amide bonds. The van der Waals surface area contributed by atoms with Crippen molar-refractivity contribution in [3.63, 3.8) is 0 Å². The molecule has 13 heavy (non-hydrogen) atoms. The molecule has 0 N–H and O–H groups in total. The molecule has 0 bridgehead atoms. The number of carbonyl (C=O) groups is 2. The molecular weight excluding hydrogens is 172 g/mol. The van der Waals surface area contributed by atoms with Gasteiger partial charge in [-0.1, -0.05) is 0 Å². The first-order chi connectivity index (χ1) is 6.15. The summed E-state index contributed by atoms with van der Waals surface area (Å²) in [6.07, 6.45) is 2.69. The van der Waals surface area contributed by atoms with E-state index >= 15 is 0 Å². The molecule has 70 valence electrons. The Hall–Kier alpha value is -1.65. The molecule has 5 nitrogen and oxygen atoms in total. The van der Waals surface area contributed by atoms with Crippen molar-refractivity contribution in [2.75, 3.05) is 7.11 Å². The fraction of sp³-hybridized carbons (Fsp3) is 0.375. The summed E-state index contributed by atoms with van der Waals surface area (Å²) in [5, 5.41) is 0. The first-order valence-corrected chi connectivity index (χ1v) is 3.71. The zero-order valence-electron chi connectivity index (χ0n) is 7.48. The van der Waals surface area contributed by atoms with Gasteiger partial charge in [0, 0.05) is 7.05 Å². The third-order valence-electron chi connectivity index (χ3n) is 1.63. The third kappa shape index (κ3) is 2.14. The number of esters is 1. The van der Waals surface area contributed by atoms with Crippen molar-refractivity contribution >= 4 is 11.8 Å². The van der Waals surface area contributed by atoms with Crippen LogP contribution in [-0.4, -0.2) is 28.4 Å². The first-order valence-electron chi connectivity index (χ1n) is 3.71. The van der Waals surface area contributed by atoms with Gasteiger partial charge in [0.15, 0.2) is 5.78 Å². The molecule has 0 saturated heterocycles. The van der Waals surface area contributed by atoms with Crippen LogP contribution in [0, 0.1) is 0 Å². The van der Waals surface area contributed by atoms with Crippen LogP contribution < -0.4 is 0 Å². The summed E-state index contributed by atoms with van der Waals surface area (Å²) < 4.78 is 5.93. The number of carbonyl (C=O) groups excluding carboxylic acids is 2. The van der Waals surface area contributed by atoms with E-state index in [1.54, 1.807) is 11.6 Å². The number of rotatable bonds is 3. The Labute approximate surface area is 75.3 Å². The second kappa shape index (κ2) is 3.84. The van der Waals surface area contributed by atoms with E-state index in [2.05, 4.69) is 9.72 Å². The summed E-state index contributed by atoms with van der Waals surface area (Å²) in [7, 11) is 2.94. The second-order valence-corrected chi connectivity index (χ2v) is 2.57. The van der Waals surface area contributed by atoms with Crippen molar-refractivity contribution in [1.82, 2.24) is 9.55 Å². The van der Waals surface area contributed by atoms with Gasteiger partial charge in [0.05, 0.1) is 19.6 Å². The number of methoxy groups -OCH3 is 1. The molecule has 0 spiro atoms. The number of hydrogen-bond acceptors (Lipinski definition) is 4.